The molecule has 30 heteroatoms. The number of ether oxygens (including phenoxy) is 6. The van der Waals surface area contributed by atoms with Gasteiger partial charge in [0.25, 0.3) is 21.8 Å². The number of rotatable bonds is 13. The molecule has 5 aromatic rings. The van der Waals surface area contributed by atoms with Gasteiger partial charge in [-0.1, -0.05) is 88.8 Å². The van der Waals surface area contributed by atoms with Crippen molar-refractivity contribution in [2.75, 3.05) is 59.1 Å². The first-order valence-corrected chi connectivity index (χ1v) is 39.6. The van der Waals surface area contributed by atoms with Crippen molar-refractivity contribution >= 4 is 56.2 Å². The predicted octanol–water partition coefficient (Wildman–Crippen LogP) is 11.7. The highest BCUT2D eigenvalue weighted by molar-refractivity contribution is 7.85. The van der Waals surface area contributed by atoms with Crippen molar-refractivity contribution in [2.45, 2.75) is 217 Å². The fourth-order valence-electron chi connectivity index (χ4n) is 15.5. The van der Waals surface area contributed by atoms with Gasteiger partial charge in [0, 0.05) is 96.3 Å². The average Bonchev–Trinajstić information content (AvgIpc) is 1.69. The largest absolute Gasteiger partial charge is 0.460 e. The number of anilines is 1. The Kier molecular flexibility index (Phi) is 32.2. The van der Waals surface area contributed by atoms with Crippen molar-refractivity contribution in [1.82, 2.24) is 34.6 Å². The van der Waals surface area contributed by atoms with E-state index in [9.17, 15) is 65.3 Å². The number of carbonyl (C=O) groups is 5. The number of hydrogen-bond acceptors (Lipinski definition) is 21. The molecule has 0 radical (unpaired) electrons. The molecular weight excluding hydrogens is 1460 g/mol. The standard InChI is InChI=1S/C53H83NO14.C21H19F4N7.C7H8O3S/c1-32-16-12-11-13-17-33(2)44(63-8)30-40-21-19-38(7)53(62,68-40)50(59)51(60)54-23-15-14-18-41(54)52(61)67-45(35(4)28-39-20-22-43(66-25-24-55)46(29-39)64-9)31-42(56)34(3)27-37(6)48(58)49(65-10)47(57)36(5)26-32;1-31-10-17(13-2-3-16(22)15(8-13)21(23,24)25)29-19(31)12-4-6-32(7-5-12)20-14-9-28-30-18(14)26-11-27-20;1-6-2-4-7(5-3-6)11(8,9)10/h11-13,16-17,27,32,34-36,38-41,43-46,48-49,55,58,62H,14-15,18-26,28-31H2,1-10H3;2-3,8-12H,4-7H2,1H3,(H,26,27,28,30);2-5H,1H3,(H,8,9,10)/b13-11+,16-12+,33-17+,37-27+;;/t32-,34-,35-,36-,38-,39+,40+,41+,43-,44+,45+,46-,48-,49+,53-;;/m1../s1. The normalized spacial score (nSPS) is 29.6. The lowest BCUT2D eigenvalue weighted by molar-refractivity contribution is -0.265. The summed E-state index contributed by atoms with van der Waals surface area (Å²) in [6.07, 6.45) is 13.8. The molecule has 15 atom stereocenters. The van der Waals surface area contributed by atoms with Crippen LogP contribution in [-0.2, 0) is 75.7 Å². The minimum atomic E-state index is -4.76. The van der Waals surface area contributed by atoms with E-state index in [1.165, 1.54) is 36.5 Å². The molecule has 2 bridgehead atoms. The summed E-state index contributed by atoms with van der Waals surface area (Å²) in [6.45, 7) is 16.2. The lowest BCUT2D eigenvalue weighted by Gasteiger charge is -2.42. The highest BCUT2D eigenvalue weighted by atomic mass is 32.2. The van der Waals surface area contributed by atoms with Gasteiger partial charge in [0.1, 0.15) is 53.9 Å². The van der Waals surface area contributed by atoms with Crippen LogP contribution in [-0.4, -0.2) is 201 Å². The lowest BCUT2D eigenvalue weighted by atomic mass is 9.78. The Hall–Kier alpha value is -7.78. The van der Waals surface area contributed by atoms with Gasteiger partial charge in [-0.2, -0.15) is 26.7 Å². The van der Waals surface area contributed by atoms with Crippen molar-refractivity contribution in [2.24, 2.45) is 42.6 Å². The van der Waals surface area contributed by atoms with Crippen molar-refractivity contribution in [3.8, 4) is 11.3 Å². The van der Waals surface area contributed by atoms with Gasteiger partial charge in [0.15, 0.2) is 11.4 Å². The summed E-state index contributed by atoms with van der Waals surface area (Å²) in [7, 11) is 2.39. The number of carbonyl (C=O) groups excluding carboxylic acids is 5. The first-order valence-electron chi connectivity index (χ1n) is 38.2. The molecule has 4 fully saturated rings. The minimum Gasteiger partial charge on any atom is -0.460 e. The molecular formula is C81H110F4N8O17S. The number of aromatic amines is 1. The van der Waals surface area contributed by atoms with E-state index < -0.39 is 105 Å². The van der Waals surface area contributed by atoms with Gasteiger partial charge in [-0.15, -0.1) is 0 Å². The van der Waals surface area contributed by atoms with Crippen molar-refractivity contribution in [1.29, 1.82) is 0 Å². The number of aromatic nitrogens is 6. The molecule has 0 spiro atoms. The number of allylic oxidation sites excluding steroid dienone is 6. The second-order valence-corrected chi connectivity index (χ2v) is 31.7. The number of piperidine rings is 2. The first-order chi connectivity index (χ1) is 52.6. The second kappa shape index (κ2) is 40.3. The molecule has 1 aliphatic carbocycles. The fourth-order valence-corrected chi connectivity index (χ4v) is 15.9. The summed E-state index contributed by atoms with van der Waals surface area (Å²) in [6, 6.07) is 7.82. The zero-order valence-corrected chi connectivity index (χ0v) is 66.3. The predicted molar refractivity (Wildman–Crippen MR) is 406 cm³/mol. The Morgan fingerprint density at radius 3 is 2.22 bits per heavy atom. The molecule has 0 unspecified atom stereocenters. The Balaban J connectivity index is 0.000000291. The van der Waals surface area contributed by atoms with E-state index in [2.05, 4.69) is 30.0 Å². The highest BCUT2D eigenvalue weighted by Crippen LogP contribution is 2.41. The number of Topliss-reactive ketones (excluding diaryl/α,β-unsaturated/α-hetero) is 3. The topological polar surface area (TPSA) is 335 Å². The number of methoxy groups -OCH3 is 3. The van der Waals surface area contributed by atoms with E-state index in [0.29, 0.717) is 74.7 Å². The molecule has 4 aliphatic heterocycles. The summed E-state index contributed by atoms with van der Waals surface area (Å²) in [5.41, 5.74) is 2.25. The average molecular weight is 1580 g/mol. The second-order valence-electron chi connectivity index (χ2n) is 30.3. The third kappa shape index (κ3) is 23.5. The molecule has 25 nitrogen and oxygen atoms in total. The summed E-state index contributed by atoms with van der Waals surface area (Å²) in [5.74, 6) is -7.48. The van der Waals surface area contributed by atoms with Crippen LogP contribution in [0, 0.1) is 48.2 Å². The number of H-pyrrole nitrogens is 1. The minimum absolute atomic E-state index is 0.0158. The Morgan fingerprint density at radius 2 is 1.55 bits per heavy atom. The summed E-state index contributed by atoms with van der Waals surface area (Å²) < 4.78 is 120. The quantitative estimate of drug-likeness (QED) is 0.0240. The molecule has 10 rings (SSSR count). The van der Waals surface area contributed by atoms with Crippen LogP contribution in [0.4, 0.5) is 23.4 Å². The number of hydrogen-bond donors (Lipinski definition) is 5. The smallest absolute Gasteiger partial charge is 0.419 e. The van der Waals surface area contributed by atoms with E-state index in [-0.39, 0.29) is 90.5 Å². The van der Waals surface area contributed by atoms with Gasteiger partial charge >= 0.3 is 12.1 Å². The number of nitrogens with zero attached hydrogens (tertiary/aromatic N) is 7. The molecule has 5 N–H and O–H groups in total. The molecule has 5 aliphatic rings. The zero-order chi connectivity index (χ0) is 81.2. The van der Waals surface area contributed by atoms with Crippen LogP contribution in [0.25, 0.3) is 22.3 Å². The Morgan fingerprint density at radius 1 is 0.829 bits per heavy atom. The number of aryl methyl sites for hydroxylation is 2. The molecule has 1 amide bonds. The monoisotopic (exact) mass is 1570 g/mol. The van der Waals surface area contributed by atoms with Crippen LogP contribution >= 0.6 is 0 Å². The summed E-state index contributed by atoms with van der Waals surface area (Å²) in [4.78, 5) is 87.4. The maximum absolute atomic E-state index is 14.5. The van der Waals surface area contributed by atoms with Gasteiger partial charge in [0.2, 0.25) is 5.79 Å². The van der Waals surface area contributed by atoms with Crippen LogP contribution < -0.4 is 4.90 Å². The third-order valence-electron chi connectivity index (χ3n) is 22.1. The molecule has 3 saturated heterocycles. The zero-order valence-electron chi connectivity index (χ0n) is 65.5. The molecule has 111 heavy (non-hydrogen) atoms. The van der Waals surface area contributed by atoms with Crippen molar-refractivity contribution in [3.63, 3.8) is 0 Å². The van der Waals surface area contributed by atoms with Crippen LogP contribution in [0.1, 0.15) is 161 Å². The summed E-state index contributed by atoms with van der Waals surface area (Å²) >= 11 is 0. The van der Waals surface area contributed by atoms with E-state index in [4.69, 9.17) is 33.0 Å². The van der Waals surface area contributed by atoms with Crippen LogP contribution in [0.15, 0.2) is 114 Å². The number of fused-ring (bicyclic) bond motifs is 4. The van der Waals surface area contributed by atoms with Crippen LogP contribution in [0.3, 0.4) is 0 Å². The van der Waals surface area contributed by atoms with Gasteiger partial charge in [-0.3, -0.25) is 28.8 Å². The van der Waals surface area contributed by atoms with E-state index in [1.807, 2.05) is 76.6 Å². The number of nitrogens with one attached hydrogen (secondary N) is 1. The molecule has 1 saturated carbocycles. The number of ketones is 3. The molecule has 3 aromatic heterocycles. The van der Waals surface area contributed by atoms with Gasteiger partial charge < -0.3 is 58.1 Å². The van der Waals surface area contributed by atoms with Gasteiger partial charge in [-0.05, 0) is 157 Å². The number of amides is 1. The van der Waals surface area contributed by atoms with E-state index >= 15 is 0 Å². The Bertz CT molecular complexity index is 4200. The third-order valence-corrected chi connectivity index (χ3v) is 22.9. The van der Waals surface area contributed by atoms with Crippen molar-refractivity contribution < 1.29 is 98.2 Å². The maximum Gasteiger partial charge on any atom is 0.419 e. The SMILES string of the molecule is CO[C@H]1C[C@@H]2CC[C@@H](C)[C@@](O)(O2)C(=O)C(=O)N2CCCC[C@H]2C(=O)O[C@H]([C@H](C)C[C@@H]2CC[C@@H](OCCO)[C@H](OC)C2)CC(=O)[C@H](C)/C=C(\C)[C@@H](O)[C@@H](OC)C(=O)[C@H](C)C[C@H](C)/C=C/C=C/C=C/1C.Cc1ccc(S(=O)(=O)O)cc1.Cn1cc(-c2ccc(F)c(C(F)(F)F)c2)nc1C1CCN(c2ncnc3[nH]ncc23)CC1. The van der Waals surface area contributed by atoms with Gasteiger partial charge in [-0.25, -0.2) is 24.1 Å². The van der Waals surface area contributed by atoms with E-state index in [0.717, 1.165) is 72.6 Å². The summed E-state index contributed by atoms with van der Waals surface area (Å²) in [5, 5.41) is 40.5. The number of esters is 1. The number of benzene rings is 2. The number of imidazole rings is 1. The highest BCUT2D eigenvalue weighted by Gasteiger charge is 2.53. The van der Waals surface area contributed by atoms with Crippen molar-refractivity contribution in [3.05, 3.63) is 132 Å². The fraction of sp³-hybridized carbons (Fsp3) is 0.593. The number of aliphatic hydroxyl groups is 3. The Labute approximate surface area is 647 Å². The van der Waals surface area contributed by atoms with Gasteiger partial charge in [0.05, 0.1) is 65.4 Å². The molecule has 2 aromatic carbocycles. The molecule has 610 valence electrons. The first kappa shape index (κ1) is 88.8. The van der Waals surface area contributed by atoms with Crippen LogP contribution in [0.2, 0.25) is 0 Å². The maximum atomic E-state index is 14.5. The van der Waals surface area contributed by atoms with E-state index in [1.54, 1.807) is 65.6 Å². The number of cyclic esters (lactones) is 1. The lowest BCUT2D eigenvalue weighted by Crippen LogP contribution is -2.61. The molecule has 7 heterocycles. The number of halogens is 4. The number of alkyl halides is 3. The van der Waals surface area contributed by atoms with Crippen LogP contribution in [0.5, 0.6) is 0 Å². The number of aliphatic hydroxyl groups excluding tert-OH is 2.